The SMILES string of the molecule is O=C(c1ccc2c(ccn2-c2ncccn2)c1)N1CC(N[C@H]2CCN(C(=O)c3nccs3)C2)C1. The summed E-state index contributed by atoms with van der Waals surface area (Å²) in [6, 6.07) is 10.0. The van der Waals surface area contributed by atoms with E-state index in [9.17, 15) is 9.59 Å². The molecule has 6 rings (SSSR count). The van der Waals surface area contributed by atoms with Crippen LogP contribution < -0.4 is 5.32 Å². The van der Waals surface area contributed by atoms with Crippen molar-refractivity contribution in [2.75, 3.05) is 26.2 Å². The number of nitrogens with zero attached hydrogens (tertiary/aromatic N) is 6. The van der Waals surface area contributed by atoms with E-state index in [1.165, 1.54) is 11.3 Å². The van der Waals surface area contributed by atoms with E-state index in [0.29, 0.717) is 36.2 Å². The lowest BCUT2D eigenvalue weighted by molar-refractivity contribution is 0.0553. The highest BCUT2D eigenvalue weighted by Gasteiger charge is 2.35. The van der Waals surface area contributed by atoms with Crippen molar-refractivity contribution in [3.05, 3.63) is 71.1 Å². The molecular weight excluding hydrogens is 450 g/mol. The molecule has 4 aromatic rings. The van der Waals surface area contributed by atoms with Gasteiger partial charge in [-0.3, -0.25) is 14.2 Å². The number of fused-ring (bicyclic) bond motifs is 1. The molecule has 0 spiro atoms. The second kappa shape index (κ2) is 8.62. The molecule has 34 heavy (non-hydrogen) atoms. The molecule has 0 unspecified atom stereocenters. The Bertz CT molecular complexity index is 1330. The minimum absolute atomic E-state index is 0.00719. The van der Waals surface area contributed by atoms with Gasteiger partial charge in [-0.25, -0.2) is 15.0 Å². The fraction of sp³-hybridized carbons (Fsp3) is 0.292. The van der Waals surface area contributed by atoms with E-state index in [-0.39, 0.29) is 23.9 Å². The first-order chi connectivity index (χ1) is 16.7. The van der Waals surface area contributed by atoms with Gasteiger partial charge in [-0.1, -0.05) is 0 Å². The van der Waals surface area contributed by atoms with Crippen molar-refractivity contribution in [2.45, 2.75) is 18.5 Å². The lowest BCUT2D eigenvalue weighted by Gasteiger charge is -2.41. The van der Waals surface area contributed by atoms with Crippen LogP contribution in [0.3, 0.4) is 0 Å². The van der Waals surface area contributed by atoms with E-state index in [1.807, 2.05) is 50.2 Å². The standard InChI is InChI=1S/C24H23N7O2S/c32-22(17-2-3-20-16(12-17)4-10-31(20)24-26-6-1-7-27-24)30-14-19(15-30)28-18-5-9-29(13-18)23(33)21-25-8-11-34-21/h1-4,6-8,10-12,18-19,28H,5,9,13-15H2/t18-/m0/s1. The monoisotopic (exact) mass is 473 g/mol. The topological polar surface area (TPSA) is 96.3 Å². The summed E-state index contributed by atoms with van der Waals surface area (Å²) in [7, 11) is 0. The molecular formula is C24H23N7O2S. The third kappa shape index (κ3) is 3.84. The van der Waals surface area contributed by atoms with Crippen LogP contribution in [-0.2, 0) is 0 Å². The van der Waals surface area contributed by atoms with Gasteiger partial charge >= 0.3 is 0 Å². The number of hydrogen-bond acceptors (Lipinski definition) is 7. The lowest BCUT2D eigenvalue weighted by atomic mass is 10.0. The van der Waals surface area contributed by atoms with Crippen molar-refractivity contribution in [3.8, 4) is 5.95 Å². The molecule has 2 aliphatic rings. The maximum atomic E-state index is 13.0. The molecule has 2 aliphatic heterocycles. The van der Waals surface area contributed by atoms with Crippen LogP contribution in [0.2, 0.25) is 0 Å². The molecule has 0 radical (unpaired) electrons. The molecule has 9 nitrogen and oxygen atoms in total. The predicted molar refractivity (Wildman–Crippen MR) is 128 cm³/mol. The van der Waals surface area contributed by atoms with E-state index in [0.717, 1.165) is 23.9 Å². The maximum Gasteiger partial charge on any atom is 0.282 e. The van der Waals surface area contributed by atoms with Crippen LogP contribution in [0, 0.1) is 0 Å². The van der Waals surface area contributed by atoms with Crippen LogP contribution in [0.1, 0.15) is 26.6 Å². The first-order valence-electron chi connectivity index (χ1n) is 11.3. The average molecular weight is 474 g/mol. The molecule has 2 saturated heterocycles. The van der Waals surface area contributed by atoms with E-state index >= 15 is 0 Å². The van der Waals surface area contributed by atoms with Gasteiger partial charge in [0.2, 0.25) is 5.95 Å². The van der Waals surface area contributed by atoms with Crippen molar-refractivity contribution in [3.63, 3.8) is 0 Å². The highest BCUT2D eigenvalue weighted by atomic mass is 32.1. The first kappa shape index (κ1) is 20.9. The van der Waals surface area contributed by atoms with Gasteiger partial charge in [0.15, 0.2) is 5.01 Å². The zero-order valence-electron chi connectivity index (χ0n) is 18.4. The second-order valence-electron chi connectivity index (χ2n) is 8.66. The third-order valence-electron chi connectivity index (χ3n) is 6.44. The molecule has 1 N–H and O–H groups in total. The Labute approximate surface area is 200 Å². The minimum Gasteiger partial charge on any atom is -0.335 e. The second-order valence-corrected chi connectivity index (χ2v) is 9.55. The number of thiazole rings is 1. The Morgan fingerprint density at radius 2 is 1.76 bits per heavy atom. The van der Waals surface area contributed by atoms with Gasteiger partial charge in [0.05, 0.1) is 5.52 Å². The Morgan fingerprint density at radius 1 is 0.941 bits per heavy atom. The van der Waals surface area contributed by atoms with E-state index in [2.05, 4.69) is 20.3 Å². The van der Waals surface area contributed by atoms with Crippen molar-refractivity contribution < 1.29 is 9.59 Å². The zero-order chi connectivity index (χ0) is 23.1. The predicted octanol–water partition coefficient (Wildman–Crippen LogP) is 2.21. The number of rotatable bonds is 5. The van der Waals surface area contributed by atoms with Crippen LogP contribution in [0.4, 0.5) is 0 Å². The number of carbonyl (C=O) groups excluding carboxylic acids is 2. The summed E-state index contributed by atoms with van der Waals surface area (Å²) in [5.74, 6) is 0.649. The highest BCUT2D eigenvalue weighted by Crippen LogP contribution is 2.23. The summed E-state index contributed by atoms with van der Waals surface area (Å²) >= 11 is 1.38. The first-order valence-corrected chi connectivity index (χ1v) is 12.2. The smallest absolute Gasteiger partial charge is 0.282 e. The number of aromatic nitrogens is 4. The van der Waals surface area contributed by atoms with Gasteiger partial charge in [0.1, 0.15) is 0 Å². The van der Waals surface area contributed by atoms with E-state index < -0.39 is 0 Å². The van der Waals surface area contributed by atoms with Gasteiger partial charge in [-0.15, -0.1) is 11.3 Å². The van der Waals surface area contributed by atoms with Crippen molar-refractivity contribution in [1.82, 2.24) is 34.6 Å². The number of likely N-dealkylation sites (tertiary alicyclic amines) is 2. The molecule has 2 amide bonds. The highest BCUT2D eigenvalue weighted by molar-refractivity contribution is 7.11. The number of carbonyl (C=O) groups is 2. The summed E-state index contributed by atoms with van der Waals surface area (Å²) < 4.78 is 1.91. The average Bonchev–Trinajstić information content (AvgIpc) is 3.61. The number of benzene rings is 1. The zero-order valence-corrected chi connectivity index (χ0v) is 19.2. The Morgan fingerprint density at radius 3 is 2.56 bits per heavy atom. The molecule has 0 saturated carbocycles. The fourth-order valence-electron chi connectivity index (χ4n) is 4.68. The summed E-state index contributed by atoms with van der Waals surface area (Å²) in [5, 5.41) is 6.96. The summed E-state index contributed by atoms with van der Waals surface area (Å²) in [5.41, 5.74) is 1.64. The minimum atomic E-state index is 0.00719. The van der Waals surface area contributed by atoms with E-state index in [1.54, 1.807) is 24.7 Å². The maximum absolute atomic E-state index is 13.0. The molecule has 5 heterocycles. The molecule has 10 heteroatoms. The van der Waals surface area contributed by atoms with Gasteiger partial charge < -0.3 is 15.1 Å². The third-order valence-corrected chi connectivity index (χ3v) is 7.20. The molecule has 2 fully saturated rings. The lowest BCUT2D eigenvalue weighted by Crippen LogP contribution is -2.62. The van der Waals surface area contributed by atoms with Gasteiger partial charge in [-0.2, -0.15) is 0 Å². The number of amides is 2. The Balaban J connectivity index is 1.05. The van der Waals surface area contributed by atoms with Crippen LogP contribution in [0.5, 0.6) is 0 Å². The van der Waals surface area contributed by atoms with Gasteiger partial charge in [0, 0.05) is 79.4 Å². The van der Waals surface area contributed by atoms with Gasteiger partial charge in [0.25, 0.3) is 11.8 Å². The van der Waals surface area contributed by atoms with Crippen LogP contribution in [0.15, 0.2) is 60.5 Å². The summed E-state index contributed by atoms with van der Waals surface area (Å²) in [4.78, 5) is 41.9. The van der Waals surface area contributed by atoms with Crippen molar-refractivity contribution in [1.29, 1.82) is 0 Å². The van der Waals surface area contributed by atoms with Crippen molar-refractivity contribution in [2.24, 2.45) is 0 Å². The molecule has 0 bridgehead atoms. The largest absolute Gasteiger partial charge is 0.335 e. The Hall–Kier alpha value is -3.63. The van der Waals surface area contributed by atoms with E-state index in [4.69, 9.17) is 0 Å². The molecule has 1 atom stereocenters. The summed E-state index contributed by atoms with van der Waals surface area (Å²) in [6.45, 7) is 2.76. The van der Waals surface area contributed by atoms with Crippen LogP contribution in [0.25, 0.3) is 16.9 Å². The quantitative estimate of drug-likeness (QED) is 0.478. The summed E-state index contributed by atoms with van der Waals surface area (Å²) in [6.07, 6.45) is 7.92. The van der Waals surface area contributed by atoms with Crippen LogP contribution in [-0.4, -0.2) is 79.4 Å². The van der Waals surface area contributed by atoms with Crippen molar-refractivity contribution >= 4 is 34.1 Å². The molecule has 1 aromatic carbocycles. The normalized spacial score (nSPS) is 18.4. The number of hydrogen-bond donors (Lipinski definition) is 1. The van der Waals surface area contributed by atoms with Gasteiger partial charge in [-0.05, 0) is 36.8 Å². The van der Waals surface area contributed by atoms with Crippen LogP contribution >= 0.6 is 11.3 Å². The number of nitrogens with one attached hydrogen (secondary N) is 1. The molecule has 3 aromatic heterocycles. The fourth-order valence-corrected chi connectivity index (χ4v) is 5.28. The Kier molecular flexibility index (Phi) is 5.31. The molecule has 0 aliphatic carbocycles. The molecule has 172 valence electrons.